The summed E-state index contributed by atoms with van der Waals surface area (Å²) in [6.07, 6.45) is -2.07. The second-order valence-corrected chi connectivity index (χ2v) is 4.94. The highest BCUT2D eigenvalue weighted by Gasteiger charge is 2.24. The molecule has 1 aromatic rings. The fraction of sp³-hybridized carbons (Fsp3) is 0.500. The molecule has 2 unspecified atom stereocenters. The van der Waals surface area contributed by atoms with E-state index in [1.807, 2.05) is 0 Å². The highest BCUT2D eigenvalue weighted by Crippen LogP contribution is 2.26. The Hall–Kier alpha value is -1.28. The highest BCUT2D eigenvalue weighted by molar-refractivity contribution is 7.14. The van der Waals surface area contributed by atoms with Crippen molar-refractivity contribution in [3.05, 3.63) is 21.9 Å². The molecule has 1 rings (SSSR count). The number of esters is 1. The first-order valence-electron chi connectivity index (χ1n) is 5.83. The van der Waals surface area contributed by atoms with Gasteiger partial charge in [0.05, 0.1) is 17.6 Å². The molecule has 106 valence electrons. The monoisotopic (exact) mass is 287 g/mol. The van der Waals surface area contributed by atoms with Gasteiger partial charge in [-0.05, 0) is 26.1 Å². The molecule has 0 amide bonds. The zero-order chi connectivity index (χ0) is 14.4. The molecule has 0 aliphatic rings. The van der Waals surface area contributed by atoms with E-state index in [0.29, 0.717) is 4.88 Å². The number of nitrogens with one attached hydrogen (secondary N) is 1. The summed E-state index contributed by atoms with van der Waals surface area (Å²) in [6, 6.07) is 2.95. The smallest absolute Gasteiger partial charge is 0.380 e. The van der Waals surface area contributed by atoms with E-state index in [4.69, 9.17) is 0 Å². The number of aliphatic hydroxyl groups is 2. The number of carbonyl (C=O) groups is 2. The summed E-state index contributed by atoms with van der Waals surface area (Å²) in [4.78, 5) is 23.5. The van der Waals surface area contributed by atoms with Crippen LogP contribution < -0.4 is 5.32 Å². The second kappa shape index (κ2) is 7.34. The number of Topliss-reactive ketones (excluding diaryl/α,β-unsaturated/α-hetero) is 1. The van der Waals surface area contributed by atoms with Crippen LogP contribution in [0.25, 0.3) is 0 Å². The zero-order valence-electron chi connectivity index (χ0n) is 10.8. The SMILES string of the molecule is CCOC(=O)C(=O)c1ccc(C(O)C(O)CNC)s1. The van der Waals surface area contributed by atoms with Crippen LogP contribution in [0.5, 0.6) is 0 Å². The van der Waals surface area contributed by atoms with Crippen LogP contribution in [0.1, 0.15) is 27.6 Å². The van der Waals surface area contributed by atoms with Crippen molar-refractivity contribution in [2.45, 2.75) is 19.1 Å². The van der Waals surface area contributed by atoms with E-state index < -0.39 is 24.0 Å². The summed E-state index contributed by atoms with van der Waals surface area (Å²) in [5.74, 6) is -1.66. The molecular weight excluding hydrogens is 270 g/mol. The predicted molar refractivity (Wildman–Crippen MR) is 70.2 cm³/mol. The summed E-state index contributed by atoms with van der Waals surface area (Å²) in [7, 11) is 1.65. The largest absolute Gasteiger partial charge is 0.460 e. The summed E-state index contributed by atoms with van der Waals surface area (Å²) >= 11 is 0.969. The molecule has 0 radical (unpaired) electrons. The summed E-state index contributed by atoms with van der Waals surface area (Å²) in [6.45, 7) is 1.97. The number of aliphatic hydroxyl groups excluding tert-OH is 2. The highest BCUT2D eigenvalue weighted by atomic mass is 32.1. The van der Waals surface area contributed by atoms with Gasteiger partial charge in [-0.25, -0.2) is 4.79 Å². The van der Waals surface area contributed by atoms with Gasteiger partial charge >= 0.3 is 5.97 Å². The van der Waals surface area contributed by atoms with Gasteiger partial charge in [0.2, 0.25) is 0 Å². The Balaban J connectivity index is 2.76. The Morgan fingerprint density at radius 2 is 2.11 bits per heavy atom. The van der Waals surface area contributed by atoms with Crippen molar-refractivity contribution in [3.63, 3.8) is 0 Å². The standard InChI is InChI=1S/C12H17NO5S/c1-3-18-12(17)11(16)9-5-4-8(19-9)10(15)7(14)6-13-2/h4-5,7,10,13-15H,3,6H2,1-2H3. The molecule has 0 aliphatic heterocycles. The molecule has 0 bridgehead atoms. The lowest BCUT2D eigenvalue weighted by molar-refractivity contribution is -0.137. The molecule has 1 aromatic heterocycles. The van der Waals surface area contributed by atoms with E-state index in [9.17, 15) is 19.8 Å². The molecule has 2 atom stereocenters. The first kappa shape index (κ1) is 15.8. The van der Waals surface area contributed by atoms with Gasteiger partial charge in [0.15, 0.2) is 0 Å². The molecule has 0 aromatic carbocycles. The van der Waals surface area contributed by atoms with Crippen molar-refractivity contribution in [1.29, 1.82) is 0 Å². The maximum absolute atomic E-state index is 11.6. The summed E-state index contributed by atoms with van der Waals surface area (Å²) in [5.41, 5.74) is 0. The molecule has 6 nitrogen and oxygen atoms in total. The van der Waals surface area contributed by atoms with Crippen LogP contribution in [-0.2, 0) is 9.53 Å². The van der Waals surface area contributed by atoms with Gasteiger partial charge in [-0.2, -0.15) is 0 Å². The molecule has 1 heterocycles. The van der Waals surface area contributed by atoms with Crippen LogP contribution in [0, 0.1) is 0 Å². The summed E-state index contributed by atoms with van der Waals surface area (Å²) < 4.78 is 4.61. The van der Waals surface area contributed by atoms with Gasteiger partial charge in [-0.1, -0.05) is 0 Å². The van der Waals surface area contributed by atoms with E-state index in [-0.39, 0.29) is 18.0 Å². The number of carbonyl (C=O) groups excluding carboxylic acids is 2. The quantitative estimate of drug-likeness (QED) is 0.374. The van der Waals surface area contributed by atoms with Crippen LogP contribution in [0.2, 0.25) is 0 Å². The Bertz CT molecular complexity index is 445. The fourth-order valence-electron chi connectivity index (χ4n) is 1.44. The van der Waals surface area contributed by atoms with Gasteiger partial charge in [-0.15, -0.1) is 11.3 Å². The van der Waals surface area contributed by atoms with Gasteiger partial charge in [0.25, 0.3) is 5.78 Å². The van der Waals surface area contributed by atoms with Gasteiger partial charge in [-0.3, -0.25) is 4.79 Å². The van der Waals surface area contributed by atoms with E-state index in [1.54, 1.807) is 14.0 Å². The Morgan fingerprint density at radius 3 is 2.68 bits per heavy atom. The van der Waals surface area contributed by atoms with Crippen molar-refractivity contribution in [2.75, 3.05) is 20.2 Å². The predicted octanol–water partition coefficient (Wildman–Crippen LogP) is 0.108. The lowest BCUT2D eigenvalue weighted by Gasteiger charge is -2.15. The number of rotatable bonds is 7. The molecule has 0 fully saturated rings. The number of ether oxygens (including phenoxy) is 1. The number of likely N-dealkylation sites (N-methyl/N-ethyl adjacent to an activating group) is 1. The Morgan fingerprint density at radius 1 is 1.42 bits per heavy atom. The average Bonchev–Trinajstić information content (AvgIpc) is 2.87. The Labute approximate surface area is 115 Å². The maximum atomic E-state index is 11.6. The first-order valence-corrected chi connectivity index (χ1v) is 6.64. The average molecular weight is 287 g/mol. The lowest BCUT2D eigenvalue weighted by atomic mass is 10.1. The lowest BCUT2D eigenvalue weighted by Crippen LogP contribution is -2.29. The van der Waals surface area contributed by atoms with E-state index in [0.717, 1.165) is 11.3 Å². The molecule has 0 saturated heterocycles. The molecule has 0 saturated carbocycles. The van der Waals surface area contributed by atoms with Crippen LogP contribution in [0.3, 0.4) is 0 Å². The minimum absolute atomic E-state index is 0.131. The molecule has 3 N–H and O–H groups in total. The first-order chi connectivity index (χ1) is 9.01. The third kappa shape index (κ3) is 4.10. The number of hydrogen-bond donors (Lipinski definition) is 3. The van der Waals surface area contributed by atoms with Crippen molar-refractivity contribution >= 4 is 23.1 Å². The number of ketones is 1. The second-order valence-electron chi connectivity index (χ2n) is 3.82. The fourth-order valence-corrected chi connectivity index (χ4v) is 2.42. The molecule has 7 heteroatoms. The molecule has 0 aliphatic carbocycles. The van der Waals surface area contributed by atoms with E-state index in [2.05, 4.69) is 10.1 Å². The number of hydrogen-bond acceptors (Lipinski definition) is 7. The van der Waals surface area contributed by atoms with Crippen molar-refractivity contribution in [2.24, 2.45) is 0 Å². The molecule has 0 spiro atoms. The van der Waals surface area contributed by atoms with Crippen LogP contribution in [0.4, 0.5) is 0 Å². The third-order valence-electron chi connectivity index (χ3n) is 2.38. The van der Waals surface area contributed by atoms with Gasteiger partial charge < -0.3 is 20.3 Å². The van der Waals surface area contributed by atoms with E-state index >= 15 is 0 Å². The summed E-state index contributed by atoms with van der Waals surface area (Å²) in [5, 5.41) is 22.2. The van der Waals surface area contributed by atoms with Gasteiger partial charge in [0.1, 0.15) is 6.10 Å². The van der Waals surface area contributed by atoms with Crippen molar-refractivity contribution < 1.29 is 24.5 Å². The third-order valence-corrected chi connectivity index (χ3v) is 3.54. The minimum Gasteiger partial charge on any atom is -0.460 e. The Kier molecular flexibility index (Phi) is 6.10. The zero-order valence-corrected chi connectivity index (χ0v) is 11.6. The van der Waals surface area contributed by atoms with Crippen molar-refractivity contribution in [1.82, 2.24) is 5.32 Å². The number of thiophene rings is 1. The molecular formula is C12H17NO5S. The van der Waals surface area contributed by atoms with Crippen LogP contribution in [-0.4, -0.2) is 48.3 Å². The normalized spacial score (nSPS) is 13.9. The minimum atomic E-state index is -1.10. The van der Waals surface area contributed by atoms with Crippen LogP contribution >= 0.6 is 11.3 Å². The van der Waals surface area contributed by atoms with Gasteiger partial charge in [0, 0.05) is 11.4 Å². The van der Waals surface area contributed by atoms with Crippen LogP contribution in [0.15, 0.2) is 12.1 Å². The topological polar surface area (TPSA) is 95.9 Å². The van der Waals surface area contributed by atoms with E-state index in [1.165, 1.54) is 12.1 Å². The van der Waals surface area contributed by atoms with Crippen molar-refractivity contribution in [3.8, 4) is 0 Å². The molecule has 19 heavy (non-hydrogen) atoms. The maximum Gasteiger partial charge on any atom is 0.380 e.